The number of hydrogen-bond acceptors (Lipinski definition) is 2. The van der Waals surface area contributed by atoms with Gasteiger partial charge in [0.05, 0.1) is 12.1 Å². The number of carbonyl (C=O) groups is 1. The van der Waals surface area contributed by atoms with E-state index in [0.717, 1.165) is 40.9 Å². The van der Waals surface area contributed by atoms with Crippen molar-refractivity contribution in [3.8, 4) is 0 Å². The lowest BCUT2D eigenvalue weighted by Gasteiger charge is -2.18. The van der Waals surface area contributed by atoms with Gasteiger partial charge in [-0.2, -0.15) is 13.2 Å². The molecule has 2 rings (SSSR count). The van der Waals surface area contributed by atoms with Crippen molar-refractivity contribution in [2.75, 3.05) is 18.9 Å². The summed E-state index contributed by atoms with van der Waals surface area (Å²) in [6.45, 7) is 4.51. The van der Waals surface area contributed by atoms with Gasteiger partial charge in [0.15, 0.2) is 0 Å². The first-order valence-electron chi connectivity index (χ1n) is 8.43. The molecule has 140 valence electrons. The van der Waals surface area contributed by atoms with E-state index in [4.69, 9.17) is 0 Å². The van der Waals surface area contributed by atoms with Gasteiger partial charge in [-0.05, 0) is 49.2 Å². The predicted molar refractivity (Wildman–Crippen MR) is 97.0 cm³/mol. The molecule has 26 heavy (non-hydrogen) atoms. The Hall–Kier alpha value is -2.34. The Kier molecular flexibility index (Phi) is 6.42. The highest BCUT2D eigenvalue weighted by molar-refractivity contribution is 5.93. The number of anilines is 1. The van der Waals surface area contributed by atoms with Crippen molar-refractivity contribution in [1.29, 1.82) is 0 Å². The van der Waals surface area contributed by atoms with Crippen LogP contribution in [0.25, 0.3) is 0 Å². The fourth-order valence-corrected chi connectivity index (χ4v) is 2.79. The molecule has 0 saturated heterocycles. The molecule has 0 unspecified atom stereocenters. The third-order valence-electron chi connectivity index (χ3n) is 4.15. The summed E-state index contributed by atoms with van der Waals surface area (Å²) in [6, 6.07) is 10.9. The van der Waals surface area contributed by atoms with Gasteiger partial charge in [0.25, 0.3) is 0 Å². The molecule has 2 aromatic rings. The van der Waals surface area contributed by atoms with E-state index in [1.54, 1.807) is 11.9 Å². The monoisotopic (exact) mass is 364 g/mol. The summed E-state index contributed by atoms with van der Waals surface area (Å²) < 4.78 is 37.8. The maximum Gasteiger partial charge on any atom is 0.416 e. The topological polar surface area (TPSA) is 32.3 Å². The summed E-state index contributed by atoms with van der Waals surface area (Å²) in [7, 11) is 1.76. The minimum absolute atomic E-state index is 0.150. The van der Waals surface area contributed by atoms with Crippen molar-refractivity contribution in [1.82, 2.24) is 4.90 Å². The molecule has 0 aromatic heterocycles. The number of alkyl halides is 3. The van der Waals surface area contributed by atoms with Crippen LogP contribution in [0, 0.1) is 6.92 Å². The van der Waals surface area contributed by atoms with Crippen molar-refractivity contribution in [2.24, 2.45) is 0 Å². The van der Waals surface area contributed by atoms with Crippen LogP contribution in [0.1, 0.15) is 29.2 Å². The number of likely N-dealkylation sites (N-methyl/N-ethyl adjacent to an activating group) is 1. The standard InChI is InChI=1S/C20H23F3N2O/c1-4-16-7-5-6-14(2)19(16)24-18(26)13-25(3)12-15-8-10-17(11-9-15)20(21,22)23/h5-11H,4,12-13H2,1-3H3,(H,24,26). The van der Waals surface area contributed by atoms with Crippen molar-refractivity contribution in [2.45, 2.75) is 33.0 Å². The van der Waals surface area contributed by atoms with E-state index in [2.05, 4.69) is 5.32 Å². The second-order valence-corrected chi connectivity index (χ2v) is 6.38. The van der Waals surface area contributed by atoms with Crippen LogP contribution in [0.15, 0.2) is 42.5 Å². The largest absolute Gasteiger partial charge is 0.416 e. The number of hydrogen-bond donors (Lipinski definition) is 1. The highest BCUT2D eigenvalue weighted by Gasteiger charge is 2.29. The molecule has 0 aliphatic rings. The van der Waals surface area contributed by atoms with Crippen LogP contribution >= 0.6 is 0 Å². The third kappa shape index (κ3) is 5.33. The van der Waals surface area contributed by atoms with Gasteiger partial charge >= 0.3 is 6.18 Å². The van der Waals surface area contributed by atoms with Gasteiger partial charge in [0, 0.05) is 12.2 Å². The Balaban J connectivity index is 1.95. The van der Waals surface area contributed by atoms with Crippen LogP contribution in [0.5, 0.6) is 0 Å². The number of para-hydroxylation sites is 1. The fraction of sp³-hybridized carbons (Fsp3) is 0.350. The first-order valence-corrected chi connectivity index (χ1v) is 8.43. The van der Waals surface area contributed by atoms with E-state index in [9.17, 15) is 18.0 Å². The van der Waals surface area contributed by atoms with Crippen molar-refractivity contribution in [3.05, 3.63) is 64.7 Å². The molecule has 0 spiro atoms. The number of carbonyl (C=O) groups excluding carboxylic acids is 1. The highest BCUT2D eigenvalue weighted by atomic mass is 19.4. The van der Waals surface area contributed by atoms with E-state index in [-0.39, 0.29) is 12.5 Å². The van der Waals surface area contributed by atoms with E-state index in [1.165, 1.54) is 12.1 Å². The molecule has 0 aliphatic heterocycles. The highest BCUT2D eigenvalue weighted by Crippen LogP contribution is 2.29. The third-order valence-corrected chi connectivity index (χ3v) is 4.15. The van der Waals surface area contributed by atoms with Crippen molar-refractivity contribution >= 4 is 11.6 Å². The summed E-state index contributed by atoms with van der Waals surface area (Å²) in [6.07, 6.45) is -3.52. The molecule has 0 fully saturated rings. The molecule has 0 radical (unpaired) electrons. The second kappa shape index (κ2) is 8.36. The summed E-state index contributed by atoms with van der Waals surface area (Å²) in [5.74, 6) is -0.150. The van der Waals surface area contributed by atoms with Crippen molar-refractivity contribution < 1.29 is 18.0 Å². The van der Waals surface area contributed by atoms with Crippen LogP contribution in [0.2, 0.25) is 0 Å². The lowest BCUT2D eigenvalue weighted by molar-refractivity contribution is -0.137. The molecule has 0 atom stereocenters. The normalized spacial score (nSPS) is 11.7. The van der Waals surface area contributed by atoms with Gasteiger partial charge in [0.1, 0.15) is 0 Å². The second-order valence-electron chi connectivity index (χ2n) is 6.38. The summed E-state index contributed by atoms with van der Waals surface area (Å²) in [4.78, 5) is 14.1. The Morgan fingerprint density at radius 2 is 1.77 bits per heavy atom. The van der Waals surface area contributed by atoms with Crippen LogP contribution in [-0.4, -0.2) is 24.4 Å². The van der Waals surface area contributed by atoms with Crippen LogP contribution in [0.4, 0.5) is 18.9 Å². The van der Waals surface area contributed by atoms with Crippen molar-refractivity contribution in [3.63, 3.8) is 0 Å². The maximum absolute atomic E-state index is 12.6. The Labute approximate surface area is 151 Å². The number of nitrogens with zero attached hydrogens (tertiary/aromatic N) is 1. The summed E-state index contributed by atoms with van der Waals surface area (Å²) in [5.41, 5.74) is 2.96. The van der Waals surface area contributed by atoms with E-state index in [1.807, 2.05) is 32.0 Å². The molecule has 3 nitrogen and oxygen atoms in total. The van der Waals surface area contributed by atoms with E-state index < -0.39 is 11.7 Å². The smallest absolute Gasteiger partial charge is 0.324 e. The maximum atomic E-state index is 12.6. The van der Waals surface area contributed by atoms with E-state index >= 15 is 0 Å². The lowest BCUT2D eigenvalue weighted by Crippen LogP contribution is -2.30. The zero-order chi connectivity index (χ0) is 19.3. The van der Waals surface area contributed by atoms with Gasteiger partial charge < -0.3 is 5.32 Å². The van der Waals surface area contributed by atoms with Crippen LogP contribution in [-0.2, 0) is 23.9 Å². The predicted octanol–water partition coefficient (Wildman–Crippen LogP) is 4.65. The summed E-state index contributed by atoms with van der Waals surface area (Å²) in [5, 5.41) is 2.95. The number of amides is 1. The molecule has 1 amide bonds. The molecule has 0 aliphatic carbocycles. The molecular weight excluding hydrogens is 341 g/mol. The zero-order valence-corrected chi connectivity index (χ0v) is 15.2. The lowest BCUT2D eigenvalue weighted by atomic mass is 10.1. The SMILES string of the molecule is CCc1cccc(C)c1NC(=O)CN(C)Cc1ccc(C(F)(F)F)cc1. The molecule has 0 heterocycles. The average Bonchev–Trinajstić information content (AvgIpc) is 2.56. The number of halogens is 3. The van der Waals surface area contributed by atoms with Crippen LogP contribution in [0.3, 0.4) is 0 Å². The summed E-state index contributed by atoms with van der Waals surface area (Å²) >= 11 is 0. The fourth-order valence-electron chi connectivity index (χ4n) is 2.79. The number of aryl methyl sites for hydroxylation is 2. The Morgan fingerprint density at radius 3 is 2.35 bits per heavy atom. The number of nitrogens with one attached hydrogen (secondary N) is 1. The minimum Gasteiger partial charge on any atom is -0.324 e. The molecule has 0 bridgehead atoms. The first kappa shape index (κ1) is 20.0. The van der Waals surface area contributed by atoms with Gasteiger partial charge in [-0.1, -0.05) is 37.3 Å². The quantitative estimate of drug-likeness (QED) is 0.809. The molecule has 2 aromatic carbocycles. The number of rotatable bonds is 6. The Morgan fingerprint density at radius 1 is 1.12 bits per heavy atom. The minimum atomic E-state index is -4.34. The average molecular weight is 364 g/mol. The molecule has 1 N–H and O–H groups in total. The number of benzene rings is 2. The van der Waals surface area contributed by atoms with Gasteiger partial charge in [0.2, 0.25) is 5.91 Å². The zero-order valence-electron chi connectivity index (χ0n) is 15.2. The molecule has 6 heteroatoms. The first-order chi connectivity index (χ1) is 12.2. The van der Waals surface area contributed by atoms with Gasteiger partial charge in [-0.15, -0.1) is 0 Å². The van der Waals surface area contributed by atoms with E-state index in [0.29, 0.717) is 6.54 Å². The van der Waals surface area contributed by atoms with Gasteiger partial charge in [-0.25, -0.2) is 0 Å². The molecule has 0 saturated carbocycles. The Bertz CT molecular complexity index is 755. The molecular formula is C20H23F3N2O. The van der Waals surface area contributed by atoms with Crippen LogP contribution < -0.4 is 5.32 Å². The van der Waals surface area contributed by atoms with Gasteiger partial charge in [-0.3, -0.25) is 9.69 Å².